The molecule has 3 aromatic carbocycles. The van der Waals surface area contributed by atoms with Gasteiger partial charge < -0.3 is 45.0 Å². The molecule has 7 unspecified atom stereocenters. The van der Waals surface area contributed by atoms with Gasteiger partial charge in [0.05, 0.1) is 12.6 Å². The van der Waals surface area contributed by atoms with E-state index in [1.54, 1.807) is 0 Å². The summed E-state index contributed by atoms with van der Waals surface area (Å²) in [5.41, 5.74) is 6.60. The number of carbonyl (C=O) groups excluding carboxylic acids is 2. The first-order chi connectivity index (χ1) is 31.2. The van der Waals surface area contributed by atoms with Crippen molar-refractivity contribution in [3.8, 4) is 5.75 Å². The average molecular weight is 896 g/mol. The number of allylic oxidation sites excluding steroid dienone is 5. The summed E-state index contributed by atoms with van der Waals surface area (Å²) >= 11 is 0. The summed E-state index contributed by atoms with van der Waals surface area (Å²) in [6.45, 7) is 10.2. The highest BCUT2D eigenvalue weighted by molar-refractivity contribution is 5.84. The number of likely N-dealkylation sites (N-methyl/N-ethyl adjacent to an activating group) is 1. The minimum atomic E-state index is -1.79. The van der Waals surface area contributed by atoms with E-state index in [0.717, 1.165) is 51.5 Å². The molecule has 352 valence electrons. The Balaban J connectivity index is 0.840. The maximum absolute atomic E-state index is 15.0. The lowest BCUT2D eigenvalue weighted by Gasteiger charge is -2.39. The number of ether oxygens (including phenoxy) is 2. The van der Waals surface area contributed by atoms with Crippen molar-refractivity contribution in [1.29, 1.82) is 0 Å². The second-order valence-corrected chi connectivity index (χ2v) is 18.8. The summed E-state index contributed by atoms with van der Waals surface area (Å²) in [5, 5.41) is 42.5. The molecule has 3 heterocycles. The number of carbonyl (C=O) groups is 2. The highest BCUT2D eigenvalue weighted by atomic mass is 19.1. The second kappa shape index (κ2) is 22.6. The van der Waals surface area contributed by atoms with Gasteiger partial charge in [0, 0.05) is 60.9 Å². The quantitative estimate of drug-likeness (QED) is 0.0495. The van der Waals surface area contributed by atoms with Gasteiger partial charge in [-0.05, 0) is 72.7 Å². The maximum Gasteiger partial charge on any atom is 0.229 e. The van der Waals surface area contributed by atoms with Crippen LogP contribution in [-0.2, 0) is 25.2 Å². The number of nitrogens with one attached hydrogen (secondary N) is 1. The van der Waals surface area contributed by atoms with E-state index in [1.165, 1.54) is 52.5 Å². The molecule has 1 amide bonds. The monoisotopic (exact) mass is 896 g/mol. The molecule has 0 spiro atoms. The van der Waals surface area contributed by atoms with E-state index in [0.29, 0.717) is 19.4 Å². The Hall–Kier alpha value is -4.85. The smallest absolute Gasteiger partial charge is 0.229 e. The molecule has 0 radical (unpaired) electrons. The number of alkyl halides is 1. The minimum Gasteiger partial charge on any atom is -0.462 e. The van der Waals surface area contributed by atoms with Gasteiger partial charge in [0.2, 0.25) is 12.2 Å². The van der Waals surface area contributed by atoms with Crippen LogP contribution in [-0.4, -0.2) is 95.6 Å². The molecule has 3 aromatic rings. The standard InChI is InChI=1S/C53H70FN3O8/c1-52(2)38-21-15-17-23-40(38)56(5)44(52)26-12-9-13-27-45-53(3,4)39-22-16-18-24-41(39)57(45)34-20-10-14-28-46(60)55-33-19-8-6-7-11-25-42(59)47(54)36-29-31-37(32-30-36)64-51-50(63)49(62)48(61)43(35-58)65-51/h9,12-13,15-18,21-24,26-27,29-32,43,45,47-51,58,61-63H,6-8,10-11,14,19-20,25,28,33-35H2,1-5H3,(H,55,60)/b12-9+,27-13+,44-26+. The van der Waals surface area contributed by atoms with Gasteiger partial charge in [0.1, 0.15) is 30.2 Å². The van der Waals surface area contributed by atoms with Crippen LogP contribution in [0.2, 0.25) is 0 Å². The molecule has 12 heteroatoms. The number of unbranched alkanes of at least 4 members (excludes halogenated alkanes) is 6. The molecule has 0 saturated carbocycles. The lowest BCUT2D eigenvalue weighted by molar-refractivity contribution is -0.277. The van der Waals surface area contributed by atoms with Crippen molar-refractivity contribution in [3.05, 3.63) is 126 Å². The van der Waals surface area contributed by atoms with Crippen LogP contribution in [0.1, 0.15) is 115 Å². The molecule has 5 N–H and O–H groups in total. The van der Waals surface area contributed by atoms with E-state index < -0.39 is 49.3 Å². The molecule has 3 aliphatic heterocycles. The fourth-order valence-corrected chi connectivity index (χ4v) is 9.60. The molecular weight excluding hydrogens is 826 g/mol. The van der Waals surface area contributed by atoms with Crippen LogP contribution in [0.5, 0.6) is 5.75 Å². The SMILES string of the molecule is CN1/C(=C/C=C/C=C/C2N(CCCCCC(=O)NCCCCCCCC(=O)C(F)c3ccc(OC4OC(CO)C(O)C(O)C4O)cc3)c3ccccc3C2(C)C)C(C)(C)c2ccccc21. The minimum absolute atomic E-state index is 0.0534. The van der Waals surface area contributed by atoms with Gasteiger partial charge in [0.25, 0.3) is 0 Å². The lowest BCUT2D eigenvalue weighted by Crippen LogP contribution is -2.60. The molecule has 11 nitrogen and oxygen atoms in total. The molecule has 1 fully saturated rings. The molecule has 0 aliphatic carbocycles. The summed E-state index contributed by atoms with van der Waals surface area (Å²) in [6.07, 6.45) is 9.54. The molecule has 0 aromatic heterocycles. The number of rotatable bonds is 22. The Bertz CT molecular complexity index is 2130. The number of amides is 1. The van der Waals surface area contributed by atoms with Crippen molar-refractivity contribution in [1.82, 2.24) is 5.32 Å². The van der Waals surface area contributed by atoms with Crippen molar-refractivity contribution in [2.75, 3.05) is 36.5 Å². The van der Waals surface area contributed by atoms with Crippen molar-refractivity contribution in [2.24, 2.45) is 0 Å². The predicted molar refractivity (Wildman–Crippen MR) is 254 cm³/mol. The van der Waals surface area contributed by atoms with Gasteiger partial charge in [-0.1, -0.05) is 126 Å². The average Bonchev–Trinajstić information content (AvgIpc) is 3.63. The number of nitrogens with zero attached hydrogens (tertiary/aromatic N) is 2. The van der Waals surface area contributed by atoms with E-state index in [4.69, 9.17) is 9.47 Å². The van der Waals surface area contributed by atoms with E-state index in [2.05, 4.69) is 129 Å². The molecule has 6 rings (SSSR count). The third-order valence-electron chi connectivity index (χ3n) is 13.5. The van der Waals surface area contributed by atoms with Crippen LogP contribution in [0.15, 0.2) is 109 Å². The zero-order valence-electron chi connectivity index (χ0n) is 38.7. The van der Waals surface area contributed by atoms with Crippen LogP contribution < -0.4 is 19.9 Å². The van der Waals surface area contributed by atoms with Crippen LogP contribution in [0.4, 0.5) is 15.8 Å². The number of Topliss-reactive ketones (excluding diaryl/α,β-unsaturated/α-hetero) is 1. The molecule has 3 aliphatic rings. The Morgan fingerprint density at radius 3 is 2.15 bits per heavy atom. The highest BCUT2D eigenvalue weighted by Gasteiger charge is 2.45. The number of hydrogen-bond acceptors (Lipinski definition) is 10. The third-order valence-corrected chi connectivity index (χ3v) is 13.5. The van der Waals surface area contributed by atoms with Gasteiger partial charge in [-0.15, -0.1) is 0 Å². The van der Waals surface area contributed by atoms with E-state index in [9.17, 15) is 34.4 Å². The van der Waals surface area contributed by atoms with Gasteiger partial charge in [0.15, 0.2) is 12.0 Å². The Morgan fingerprint density at radius 2 is 1.43 bits per heavy atom. The predicted octanol–water partition coefficient (Wildman–Crippen LogP) is 8.05. The molecule has 7 atom stereocenters. The number of para-hydroxylation sites is 2. The summed E-state index contributed by atoms with van der Waals surface area (Å²) in [6, 6.07) is 23.2. The van der Waals surface area contributed by atoms with Crippen molar-refractivity contribution >= 4 is 23.1 Å². The number of aliphatic hydroxyl groups excluding tert-OH is 4. The number of anilines is 2. The van der Waals surface area contributed by atoms with Crippen LogP contribution in [0.25, 0.3) is 0 Å². The number of benzene rings is 3. The van der Waals surface area contributed by atoms with E-state index in [1.807, 2.05) is 0 Å². The number of fused-ring (bicyclic) bond motifs is 2. The first-order valence-corrected chi connectivity index (χ1v) is 23.4. The Labute approximate surface area is 384 Å². The molecule has 1 saturated heterocycles. The maximum atomic E-state index is 15.0. The molecule has 65 heavy (non-hydrogen) atoms. The van der Waals surface area contributed by atoms with E-state index >= 15 is 0 Å². The van der Waals surface area contributed by atoms with Crippen LogP contribution >= 0.6 is 0 Å². The number of hydrogen-bond donors (Lipinski definition) is 5. The summed E-state index contributed by atoms with van der Waals surface area (Å²) < 4.78 is 25.9. The topological polar surface area (TPSA) is 152 Å². The Morgan fingerprint density at radius 1 is 0.785 bits per heavy atom. The van der Waals surface area contributed by atoms with Gasteiger partial charge in [-0.3, -0.25) is 9.59 Å². The van der Waals surface area contributed by atoms with Crippen LogP contribution in [0, 0.1) is 0 Å². The second-order valence-electron chi connectivity index (χ2n) is 18.8. The Kier molecular flexibility index (Phi) is 17.2. The lowest BCUT2D eigenvalue weighted by atomic mass is 9.80. The summed E-state index contributed by atoms with van der Waals surface area (Å²) in [7, 11) is 2.14. The van der Waals surface area contributed by atoms with Gasteiger partial charge in [-0.25, -0.2) is 4.39 Å². The fraction of sp³-hybridized carbons (Fsp3) is 0.509. The molecular formula is C53H70FN3O8. The van der Waals surface area contributed by atoms with Crippen molar-refractivity contribution < 1.29 is 43.9 Å². The highest BCUT2D eigenvalue weighted by Crippen LogP contribution is 2.47. The first kappa shape index (κ1) is 49.6. The number of ketones is 1. The molecule has 0 bridgehead atoms. The van der Waals surface area contributed by atoms with E-state index in [-0.39, 0.29) is 40.5 Å². The zero-order chi connectivity index (χ0) is 46.7. The van der Waals surface area contributed by atoms with Crippen LogP contribution in [0.3, 0.4) is 0 Å². The van der Waals surface area contributed by atoms with Crippen molar-refractivity contribution in [3.63, 3.8) is 0 Å². The van der Waals surface area contributed by atoms with Gasteiger partial charge in [-0.2, -0.15) is 0 Å². The summed E-state index contributed by atoms with van der Waals surface area (Å²) in [4.78, 5) is 30.0. The van der Waals surface area contributed by atoms with Gasteiger partial charge >= 0.3 is 0 Å². The third kappa shape index (κ3) is 11.8. The zero-order valence-corrected chi connectivity index (χ0v) is 38.7. The van der Waals surface area contributed by atoms with Crippen molar-refractivity contribution in [2.45, 2.75) is 146 Å². The fourth-order valence-electron chi connectivity index (χ4n) is 9.60. The number of aliphatic hydroxyl groups is 4. The number of halogens is 1. The summed E-state index contributed by atoms with van der Waals surface area (Å²) in [5.74, 6) is -0.242. The largest absolute Gasteiger partial charge is 0.462 e. The normalized spacial score (nSPS) is 24.4. The first-order valence-electron chi connectivity index (χ1n) is 23.4.